The van der Waals surface area contributed by atoms with Crippen molar-refractivity contribution in [2.45, 2.75) is 13.0 Å². The number of nitrogens with zero attached hydrogens (tertiary/aromatic N) is 1. The average molecular weight is 217 g/mol. The van der Waals surface area contributed by atoms with Gasteiger partial charge in [-0.25, -0.2) is 0 Å². The number of nitrogens with two attached hydrogens (primary N) is 1. The summed E-state index contributed by atoms with van der Waals surface area (Å²) in [6.45, 7) is 2.75. The van der Waals surface area contributed by atoms with Crippen LogP contribution in [0.2, 0.25) is 0 Å². The van der Waals surface area contributed by atoms with E-state index < -0.39 is 0 Å². The predicted octanol–water partition coefficient (Wildman–Crippen LogP) is 2.04. The van der Waals surface area contributed by atoms with Crippen LogP contribution in [0.4, 0.5) is 0 Å². The number of rotatable bonds is 3. The Labute approximate surface area is 96.2 Å². The summed E-state index contributed by atoms with van der Waals surface area (Å²) in [6, 6.07) is 6.64. The number of H-pyrrole nitrogens is 1. The minimum Gasteiger partial charge on any atom is -0.361 e. The zero-order valence-corrected chi connectivity index (χ0v) is 10.1. The predicted molar refractivity (Wildman–Crippen MR) is 68.5 cm³/mol. The van der Waals surface area contributed by atoms with Crippen molar-refractivity contribution in [3.63, 3.8) is 0 Å². The molecule has 86 valence electrons. The van der Waals surface area contributed by atoms with E-state index in [1.54, 1.807) is 0 Å². The summed E-state index contributed by atoms with van der Waals surface area (Å²) < 4.78 is 0. The van der Waals surface area contributed by atoms with Gasteiger partial charge in [-0.3, -0.25) is 0 Å². The lowest BCUT2D eigenvalue weighted by Crippen LogP contribution is -2.26. The highest BCUT2D eigenvalue weighted by atomic mass is 15.1. The monoisotopic (exact) mass is 217 g/mol. The van der Waals surface area contributed by atoms with Crippen molar-refractivity contribution in [1.82, 2.24) is 9.88 Å². The summed E-state index contributed by atoms with van der Waals surface area (Å²) in [7, 11) is 4.12. The number of fused-ring (bicyclic) bond motifs is 1. The molecule has 0 aliphatic rings. The quantitative estimate of drug-likeness (QED) is 0.826. The fourth-order valence-corrected chi connectivity index (χ4v) is 2.22. The zero-order valence-electron chi connectivity index (χ0n) is 10.1. The fourth-order valence-electron chi connectivity index (χ4n) is 2.22. The molecule has 0 amide bonds. The maximum atomic E-state index is 5.84. The number of para-hydroxylation sites is 1. The van der Waals surface area contributed by atoms with Crippen molar-refractivity contribution in [2.24, 2.45) is 5.73 Å². The molecule has 0 spiro atoms. The maximum Gasteiger partial charge on any atom is 0.0487 e. The molecule has 0 saturated carbocycles. The Kier molecular flexibility index (Phi) is 2.99. The van der Waals surface area contributed by atoms with E-state index in [2.05, 4.69) is 55.3 Å². The first-order chi connectivity index (χ1) is 7.65. The molecule has 3 heteroatoms. The van der Waals surface area contributed by atoms with Crippen LogP contribution in [0, 0.1) is 6.92 Å². The summed E-state index contributed by atoms with van der Waals surface area (Å²) in [5, 5.41) is 1.28. The molecule has 0 bridgehead atoms. The highest BCUT2D eigenvalue weighted by Gasteiger charge is 2.16. The van der Waals surface area contributed by atoms with Gasteiger partial charge in [0.2, 0.25) is 0 Å². The SMILES string of the molecule is Cc1cccc2c(C(CN)N(C)C)c[nH]c12. The molecule has 2 aromatic rings. The molecule has 0 saturated heterocycles. The van der Waals surface area contributed by atoms with Gasteiger partial charge in [0.1, 0.15) is 0 Å². The third kappa shape index (κ3) is 1.72. The highest BCUT2D eigenvalue weighted by Crippen LogP contribution is 2.27. The second-order valence-electron chi connectivity index (χ2n) is 4.46. The molecule has 0 aliphatic heterocycles. The summed E-state index contributed by atoms with van der Waals surface area (Å²) in [5.74, 6) is 0. The van der Waals surface area contributed by atoms with Gasteiger partial charge in [-0.05, 0) is 32.1 Å². The van der Waals surface area contributed by atoms with Crippen LogP contribution < -0.4 is 5.73 Å². The molecule has 1 unspecified atom stereocenters. The third-order valence-electron chi connectivity index (χ3n) is 3.16. The molecule has 1 heterocycles. The van der Waals surface area contributed by atoms with Crippen LogP contribution in [-0.2, 0) is 0 Å². The molecule has 16 heavy (non-hydrogen) atoms. The van der Waals surface area contributed by atoms with Crippen molar-refractivity contribution in [3.8, 4) is 0 Å². The van der Waals surface area contributed by atoms with E-state index in [0.29, 0.717) is 6.54 Å². The van der Waals surface area contributed by atoms with E-state index in [0.717, 1.165) is 0 Å². The Morgan fingerprint density at radius 1 is 1.38 bits per heavy atom. The van der Waals surface area contributed by atoms with Crippen LogP contribution in [0.25, 0.3) is 10.9 Å². The highest BCUT2D eigenvalue weighted by molar-refractivity contribution is 5.86. The van der Waals surface area contributed by atoms with Gasteiger partial charge < -0.3 is 15.6 Å². The normalized spacial score (nSPS) is 13.6. The Morgan fingerprint density at radius 3 is 2.75 bits per heavy atom. The second kappa shape index (κ2) is 4.28. The van der Waals surface area contributed by atoms with Crippen molar-refractivity contribution >= 4 is 10.9 Å². The standard InChI is InChI=1S/C13H19N3/c1-9-5-4-6-10-11(8-15-13(9)10)12(7-14)16(2)3/h4-6,8,12,15H,7,14H2,1-3H3. The van der Waals surface area contributed by atoms with Crippen molar-refractivity contribution < 1.29 is 0 Å². The van der Waals surface area contributed by atoms with Gasteiger partial charge in [-0.15, -0.1) is 0 Å². The van der Waals surface area contributed by atoms with E-state index >= 15 is 0 Å². The van der Waals surface area contributed by atoms with Crippen molar-refractivity contribution in [2.75, 3.05) is 20.6 Å². The fraction of sp³-hybridized carbons (Fsp3) is 0.385. The summed E-state index contributed by atoms with van der Waals surface area (Å²) in [4.78, 5) is 5.50. The molecule has 2 rings (SSSR count). The van der Waals surface area contributed by atoms with E-state index in [-0.39, 0.29) is 6.04 Å². The van der Waals surface area contributed by atoms with Gasteiger partial charge in [0.25, 0.3) is 0 Å². The van der Waals surface area contributed by atoms with E-state index in [9.17, 15) is 0 Å². The molecular weight excluding hydrogens is 198 g/mol. The lowest BCUT2D eigenvalue weighted by molar-refractivity contribution is 0.308. The van der Waals surface area contributed by atoms with E-state index in [1.165, 1.54) is 22.0 Å². The van der Waals surface area contributed by atoms with Crippen LogP contribution in [0.15, 0.2) is 24.4 Å². The van der Waals surface area contributed by atoms with Crippen LogP contribution >= 0.6 is 0 Å². The lowest BCUT2D eigenvalue weighted by Gasteiger charge is -2.22. The van der Waals surface area contributed by atoms with Gasteiger partial charge in [-0.1, -0.05) is 18.2 Å². The van der Waals surface area contributed by atoms with E-state index in [4.69, 9.17) is 5.73 Å². The second-order valence-corrected chi connectivity index (χ2v) is 4.46. The van der Waals surface area contributed by atoms with Crippen LogP contribution in [0.3, 0.4) is 0 Å². The minimum atomic E-state index is 0.274. The molecule has 3 nitrogen and oxygen atoms in total. The van der Waals surface area contributed by atoms with Gasteiger partial charge in [0.05, 0.1) is 0 Å². The van der Waals surface area contributed by atoms with E-state index in [1.807, 2.05) is 0 Å². The van der Waals surface area contributed by atoms with Gasteiger partial charge in [-0.2, -0.15) is 0 Å². The molecule has 1 aromatic carbocycles. The number of aryl methyl sites for hydroxylation is 1. The summed E-state index contributed by atoms with van der Waals surface area (Å²) >= 11 is 0. The van der Waals surface area contributed by atoms with Crippen LogP contribution in [-0.4, -0.2) is 30.5 Å². The minimum absolute atomic E-state index is 0.274. The molecule has 0 fully saturated rings. The van der Waals surface area contributed by atoms with Crippen molar-refractivity contribution in [1.29, 1.82) is 0 Å². The summed E-state index contributed by atoms with van der Waals surface area (Å²) in [5.41, 5.74) is 9.62. The number of benzene rings is 1. The summed E-state index contributed by atoms with van der Waals surface area (Å²) in [6.07, 6.45) is 2.08. The first kappa shape index (κ1) is 11.2. The largest absolute Gasteiger partial charge is 0.361 e. The molecule has 0 radical (unpaired) electrons. The molecule has 1 atom stereocenters. The van der Waals surface area contributed by atoms with Gasteiger partial charge >= 0.3 is 0 Å². The number of likely N-dealkylation sites (N-methyl/N-ethyl adjacent to an activating group) is 1. The number of nitrogens with one attached hydrogen (secondary N) is 1. The first-order valence-corrected chi connectivity index (χ1v) is 5.58. The smallest absolute Gasteiger partial charge is 0.0487 e. The Hall–Kier alpha value is -1.32. The third-order valence-corrected chi connectivity index (χ3v) is 3.16. The Bertz CT molecular complexity index is 485. The number of aromatic amines is 1. The topological polar surface area (TPSA) is 45.0 Å². The number of aromatic nitrogens is 1. The first-order valence-electron chi connectivity index (χ1n) is 5.58. The van der Waals surface area contributed by atoms with Crippen LogP contribution in [0.5, 0.6) is 0 Å². The Morgan fingerprint density at radius 2 is 2.12 bits per heavy atom. The lowest BCUT2D eigenvalue weighted by atomic mass is 10.0. The maximum absolute atomic E-state index is 5.84. The van der Waals surface area contributed by atoms with Gasteiger partial charge in [0, 0.05) is 29.7 Å². The molecule has 1 aromatic heterocycles. The number of hydrogen-bond acceptors (Lipinski definition) is 2. The molecule has 0 aliphatic carbocycles. The molecular formula is C13H19N3. The van der Waals surface area contributed by atoms with Crippen molar-refractivity contribution in [3.05, 3.63) is 35.5 Å². The zero-order chi connectivity index (χ0) is 11.7. The van der Waals surface area contributed by atoms with Crippen LogP contribution in [0.1, 0.15) is 17.2 Å². The Balaban J connectivity index is 2.57. The van der Waals surface area contributed by atoms with Gasteiger partial charge in [0.15, 0.2) is 0 Å². The number of hydrogen-bond donors (Lipinski definition) is 2. The molecule has 3 N–H and O–H groups in total. The average Bonchev–Trinajstić information content (AvgIpc) is 2.64.